The number of ether oxygens (including phenoxy) is 1. The molecule has 0 unspecified atom stereocenters. The molecule has 4 rings (SSSR count). The molecule has 0 radical (unpaired) electrons. The van der Waals surface area contributed by atoms with Crippen LogP contribution in [0.25, 0.3) is 5.69 Å². The molecule has 2 N–H and O–H groups in total. The van der Waals surface area contributed by atoms with Gasteiger partial charge in [0.05, 0.1) is 19.5 Å². The molecule has 3 heterocycles. The predicted molar refractivity (Wildman–Crippen MR) is 123 cm³/mol. The molecule has 0 saturated carbocycles. The average molecular weight is 495 g/mol. The molecule has 0 aliphatic carbocycles. The van der Waals surface area contributed by atoms with Gasteiger partial charge >= 0.3 is 5.69 Å². The topological polar surface area (TPSA) is 131 Å². The van der Waals surface area contributed by atoms with Gasteiger partial charge in [-0.3, -0.25) is 14.3 Å². The monoisotopic (exact) mass is 494 g/mol. The first-order chi connectivity index (χ1) is 15.7. The standard InChI is InChI=1S/C20H23ClN6O5S/c1-3-26-19(28)9-18(23-20(26)29)25-7-6-14(11-25)24-33(30,31)15-10-22-27(12-15)16-8-13(21)4-5-17(16)32-2/h4-5,8-10,12,14,24H,3,6-7,11H2,1-2H3,(H,23,29)/t14-/m0/s1. The van der Waals surface area contributed by atoms with Gasteiger partial charge in [0.1, 0.15) is 22.2 Å². The third-order valence-electron chi connectivity index (χ3n) is 5.43. The van der Waals surface area contributed by atoms with Crippen LogP contribution >= 0.6 is 11.6 Å². The molecule has 33 heavy (non-hydrogen) atoms. The molecule has 1 aromatic carbocycles. The molecule has 3 aromatic rings. The Hall–Kier alpha value is -3.09. The third kappa shape index (κ3) is 4.68. The Kier molecular flexibility index (Phi) is 6.32. The number of benzene rings is 1. The molecule has 2 aromatic heterocycles. The first-order valence-electron chi connectivity index (χ1n) is 10.2. The Morgan fingerprint density at radius 1 is 1.30 bits per heavy atom. The van der Waals surface area contributed by atoms with Crippen LogP contribution in [0.3, 0.4) is 0 Å². The number of anilines is 1. The summed E-state index contributed by atoms with van der Waals surface area (Å²) in [7, 11) is -2.37. The Morgan fingerprint density at radius 2 is 2.09 bits per heavy atom. The molecule has 1 aliphatic rings. The van der Waals surface area contributed by atoms with E-state index >= 15 is 0 Å². The van der Waals surface area contributed by atoms with Crippen molar-refractivity contribution in [3.8, 4) is 11.4 Å². The molecule has 1 atom stereocenters. The first-order valence-corrected chi connectivity index (χ1v) is 12.1. The van der Waals surface area contributed by atoms with Crippen molar-refractivity contribution < 1.29 is 13.2 Å². The summed E-state index contributed by atoms with van der Waals surface area (Å²) in [6.45, 7) is 2.77. The van der Waals surface area contributed by atoms with E-state index in [0.29, 0.717) is 41.8 Å². The SMILES string of the molecule is CCn1c(=O)cc(N2CC[C@H](NS(=O)(=O)c3cnn(-c4cc(Cl)ccc4OC)c3)C2)[nH]c1=O. The van der Waals surface area contributed by atoms with E-state index in [-0.39, 0.29) is 11.4 Å². The second kappa shape index (κ2) is 9.04. The van der Waals surface area contributed by atoms with Crippen LogP contribution < -0.4 is 25.6 Å². The van der Waals surface area contributed by atoms with Gasteiger partial charge in [-0.15, -0.1) is 0 Å². The molecule has 176 valence electrons. The minimum atomic E-state index is -3.86. The summed E-state index contributed by atoms with van der Waals surface area (Å²) >= 11 is 6.06. The van der Waals surface area contributed by atoms with E-state index in [1.165, 1.54) is 30.3 Å². The van der Waals surface area contributed by atoms with E-state index < -0.39 is 27.3 Å². The molecule has 13 heteroatoms. The van der Waals surface area contributed by atoms with E-state index in [1.807, 2.05) is 0 Å². The molecule has 1 aliphatic heterocycles. The summed E-state index contributed by atoms with van der Waals surface area (Å²) < 4.78 is 36.3. The van der Waals surface area contributed by atoms with Gasteiger partial charge in [0.15, 0.2) is 0 Å². The van der Waals surface area contributed by atoms with Crippen LogP contribution in [0.15, 0.2) is 51.1 Å². The van der Waals surface area contributed by atoms with Crippen molar-refractivity contribution in [2.75, 3.05) is 25.1 Å². The van der Waals surface area contributed by atoms with Crippen LogP contribution in [-0.4, -0.2) is 54.0 Å². The molecule has 11 nitrogen and oxygen atoms in total. The predicted octanol–water partition coefficient (Wildman–Crippen LogP) is 0.961. The largest absolute Gasteiger partial charge is 0.494 e. The first kappa shape index (κ1) is 23.1. The van der Waals surface area contributed by atoms with Crippen molar-refractivity contribution in [3.63, 3.8) is 0 Å². The van der Waals surface area contributed by atoms with Crippen molar-refractivity contribution in [3.05, 3.63) is 62.5 Å². The second-order valence-corrected chi connectivity index (χ2v) is 9.68. The molecule has 1 fully saturated rings. The van der Waals surface area contributed by atoms with Crippen molar-refractivity contribution in [1.29, 1.82) is 0 Å². The lowest BCUT2D eigenvalue weighted by atomic mass is 10.3. The second-order valence-electron chi connectivity index (χ2n) is 7.53. The van der Waals surface area contributed by atoms with E-state index in [4.69, 9.17) is 16.3 Å². The van der Waals surface area contributed by atoms with Crippen LogP contribution in [0.5, 0.6) is 5.75 Å². The van der Waals surface area contributed by atoms with E-state index in [9.17, 15) is 18.0 Å². The highest BCUT2D eigenvalue weighted by molar-refractivity contribution is 7.89. The number of hydrogen-bond donors (Lipinski definition) is 2. The Labute approximate surface area is 194 Å². The number of nitrogens with one attached hydrogen (secondary N) is 2. The highest BCUT2D eigenvalue weighted by Gasteiger charge is 2.29. The van der Waals surface area contributed by atoms with Crippen LogP contribution in [0, 0.1) is 0 Å². The van der Waals surface area contributed by atoms with Crippen molar-refractivity contribution in [2.24, 2.45) is 0 Å². The van der Waals surface area contributed by atoms with E-state index in [1.54, 1.807) is 30.0 Å². The molecule has 1 saturated heterocycles. The minimum absolute atomic E-state index is 0.0121. The highest BCUT2D eigenvalue weighted by Crippen LogP contribution is 2.27. The van der Waals surface area contributed by atoms with Gasteiger partial charge in [-0.2, -0.15) is 5.10 Å². The molecular formula is C20H23ClN6O5S. The lowest BCUT2D eigenvalue weighted by Crippen LogP contribution is -2.39. The Morgan fingerprint density at radius 3 is 2.79 bits per heavy atom. The molecule has 0 spiro atoms. The van der Waals surface area contributed by atoms with Gasteiger partial charge in [0, 0.05) is 36.8 Å². The Balaban J connectivity index is 1.50. The summed E-state index contributed by atoms with van der Waals surface area (Å²) in [5, 5.41) is 4.60. The zero-order valence-corrected chi connectivity index (χ0v) is 19.6. The van der Waals surface area contributed by atoms with Crippen LogP contribution in [0.4, 0.5) is 5.82 Å². The number of hydrogen-bond acceptors (Lipinski definition) is 7. The van der Waals surface area contributed by atoms with Crippen molar-refractivity contribution >= 4 is 27.4 Å². The third-order valence-corrected chi connectivity index (χ3v) is 7.14. The number of sulfonamides is 1. The maximum Gasteiger partial charge on any atom is 0.329 e. The molecular weight excluding hydrogens is 472 g/mol. The fourth-order valence-corrected chi connectivity index (χ4v) is 5.12. The number of nitrogens with zero attached hydrogens (tertiary/aromatic N) is 4. The van der Waals surface area contributed by atoms with Crippen molar-refractivity contribution in [2.45, 2.75) is 30.8 Å². The number of halogens is 1. The Bertz CT molecular complexity index is 1370. The zero-order valence-electron chi connectivity index (χ0n) is 18.0. The maximum atomic E-state index is 12.9. The van der Waals surface area contributed by atoms with Gasteiger partial charge in [0.2, 0.25) is 10.0 Å². The quantitative estimate of drug-likeness (QED) is 0.500. The lowest BCUT2D eigenvalue weighted by molar-refractivity contribution is 0.411. The fraction of sp³-hybridized carbons (Fsp3) is 0.350. The highest BCUT2D eigenvalue weighted by atomic mass is 35.5. The molecule has 0 bridgehead atoms. The van der Waals surface area contributed by atoms with E-state index in [2.05, 4.69) is 14.8 Å². The zero-order chi connectivity index (χ0) is 23.8. The van der Waals surface area contributed by atoms with Gasteiger partial charge in [-0.05, 0) is 31.5 Å². The average Bonchev–Trinajstić information content (AvgIpc) is 3.43. The van der Waals surface area contributed by atoms with Crippen molar-refractivity contribution in [1.82, 2.24) is 24.1 Å². The van der Waals surface area contributed by atoms with Gasteiger partial charge < -0.3 is 9.64 Å². The number of rotatable bonds is 7. The summed E-state index contributed by atoms with van der Waals surface area (Å²) in [6, 6.07) is 5.90. The normalized spacial score (nSPS) is 16.3. The molecule has 0 amide bonds. The fourth-order valence-electron chi connectivity index (χ4n) is 3.76. The summed E-state index contributed by atoms with van der Waals surface area (Å²) in [4.78, 5) is 28.6. The van der Waals surface area contributed by atoms with Crippen LogP contribution in [-0.2, 0) is 16.6 Å². The van der Waals surface area contributed by atoms with Gasteiger partial charge in [0.25, 0.3) is 5.56 Å². The van der Waals surface area contributed by atoms with E-state index in [0.717, 1.165) is 4.57 Å². The summed E-state index contributed by atoms with van der Waals surface area (Å²) in [5.74, 6) is 0.863. The summed E-state index contributed by atoms with van der Waals surface area (Å²) in [5.41, 5.74) is -0.388. The minimum Gasteiger partial charge on any atom is -0.494 e. The van der Waals surface area contributed by atoms with Gasteiger partial charge in [-0.1, -0.05) is 11.6 Å². The smallest absolute Gasteiger partial charge is 0.329 e. The van der Waals surface area contributed by atoms with Gasteiger partial charge in [-0.25, -0.2) is 22.6 Å². The van der Waals surface area contributed by atoms with Crippen LogP contribution in [0.2, 0.25) is 5.02 Å². The maximum absolute atomic E-state index is 12.9. The number of aromatic nitrogens is 4. The number of aromatic amines is 1. The lowest BCUT2D eigenvalue weighted by Gasteiger charge is -2.18. The van der Waals surface area contributed by atoms with Crippen LogP contribution in [0.1, 0.15) is 13.3 Å². The summed E-state index contributed by atoms with van der Waals surface area (Å²) in [6.07, 6.45) is 3.14. The number of H-pyrrole nitrogens is 1. The number of methoxy groups -OCH3 is 1.